The molecule has 0 saturated carbocycles. The van der Waals surface area contributed by atoms with Crippen LogP contribution < -0.4 is 5.73 Å². The number of halogens is 1. The van der Waals surface area contributed by atoms with E-state index in [0.29, 0.717) is 6.54 Å². The second-order valence-corrected chi connectivity index (χ2v) is 5.12. The Morgan fingerprint density at radius 2 is 2.10 bits per heavy atom. The van der Waals surface area contributed by atoms with Crippen LogP contribution >= 0.6 is 0 Å². The van der Waals surface area contributed by atoms with Crippen LogP contribution in [-0.4, -0.2) is 21.8 Å². The van der Waals surface area contributed by atoms with Crippen molar-refractivity contribution in [3.8, 4) is 0 Å². The zero-order valence-electron chi connectivity index (χ0n) is 12.1. The van der Waals surface area contributed by atoms with Crippen LogP contribution in [0.5, 0.6) is 0 Å². The first-order valence-electron chi connectivity index (χ1n) is 6.74. The summed E-state index contributed by atoms with van der Waals surface area (Å²) in [5.41, 5.74) is 6.87. The van der Waals surface area contributed by atoms with Gasteiger partial charge in [0, 0.05) is 23.5 Å². The molecule has 0 unspecified atom stereocenters. The van der Waals surface area contributed by atoms with E-state index in [2.05, 4.69) is 4.98 Å². The second-order valence-electron chi connectivity index (χ2n) is 5.12. The van der Waals surface area contributed by atoms with E-state index >= 15 is 0 Å². The zero-order chi connectivity index (χ0) is 15.4. The standard InChI is InChI=1S/C16H18FN3O/c1-11(2)20(10-15-5-3-4-6-19-15)16(21)12-7-13(17)9-14(18)8-12/h3-9,11H,10,18H2,1-2H3. The van der Waals surface area contributed by atoms with Gasteiger partial charge in [0.05, 0.1) is 12.2 Å². The van der Waals surface area contributed by atoms with Crippen molar-refractivity contribution in [2.24, 2.45) is 0 Å². The molecule has 5 heteroatoms. The van der Waals surface area contributed by atoms with Crippen molar-refractivity contribution < 1.29 is 9.18 Å². The molecule has 0 spiro atoms. The first kappa shape index (κ1) is 15.0. The first-order valence-corrected chi connectivity index (χ1v) is 6.74. The van der Waals surface area contributed by atoms with Crippen molar-refractivity contribution in [2.75, 3.05) is 5.73 Å². The van der Waals surface area contributed by atoms with Gasteiger partial charge in [0.1, 0.15) is 5.82 Å². The van der Waals surface area contributed by atoms with E-state index in [4.69, 9.17) is 5.73 Å². The number of rotatable bonds is 4. The highest BCUT2D eigenvalue weighted by atomic mass is 19.1. The second kappa shape index (κ2) is 6.35. The number of carbonyl (C=O) groups excluding carboxylic acids is 1. The molecule has 0 fully saturated rings. The van der Waals surface area contributed by atoms with Crippen molar-refractivity contribution in [1.82, 2.24) is 9.88 Å². The van der Waals surface area contributed by atoms with Crippen LogP contribution in [0.4, 0.5) is 10.1 Å². The highest BCUT2D eigenvalue weighted by molar-refractivity contribution is 5.95. The van der Waals surface area contributed by atoms with Crippen LogP contribution in [0.1, 0.15) is 29.9 Å². The van der Waals surface area contributed by atoms with Gasteiger partial charge in [-0.2, -0.15) is 0 Å². The molecule has 21 heavy (non-hydrogen) atoms. The van der Waals surface area contributed by atoms with Gasteiger partial charge in [-0.05, 0) is 44.2 Å². The summed E-state index contributed by atoms with van der Waals surface area (Å²) in [5.74, 6) is -0.776. The van der Waals surface area contributed by atoms with E-state index in [-0.39, 0.29) is 23.2 Å². The van der Waals surface area contributed by atoms with Gasteiger partial charge in [-0.25, -0.2) is 4.39 Å². The Morgan fingerprint density at radius 3 is 2.67 bits per heavy atom. The number of hydrogen-bond donors (Lipinski definition) is 1. The number of pyridine rings is 1. The molecule has 0 aliphatic rings. The van der Waals surface area contributed by atoms with Crippen LogP contribution in [-0.2, 0) is 6.54 Å². The summed E-state index contributed by atoms with van der Waals surface area (Å²) >= 11 is 0. The smallest absolute Gasteiger partial charge is 0.254 e. The third kappa shape index (κ3) is 3.78. The van der Waals surface area contributed by atoms with E-state index < -0.39 is 5.82 Å². The number of nitrogens with zero attached hydrogens (tertiary/aromatic N) is 2. The maximum atomic E-state index is 13.4. The number of hydrogen-bond acceptors (Lipinski definition) is 3. The summed E-state index contributed by atoms with van der Waals surface area (Å²) in [7, 11) is 0. The van der Waals surface area contributed by atoms with Crippen molar-refractivity contribution in [2.45, 2.75) is 26.4 Å². The average molecular weight is 287 g/mol. The lowest BCUT2D eigenvalue weighted by Crippen LogP contribution is -2.36. The quantitative estimate of drug-likeness (QED) is 0.880. The van der Waals surface area contributed by atoms with Gasteiger partial charge in [0.2, 0.25) is 0 Å². The number of anilines is 1. The van der Waals surface area contributed by atoms with Gasteiger partial charge in [-0.1, -0.05) is 6.07 Å². The fourth-order valence-electron chi connectivity index (χ4n) is 2.06. The molecule has 1 amide bonds. The van der Waals surface area contributed by atoms with Crippen molar-refractivity contribution >= 4 is 11.6 Å². The van der Waals surface area contributed by atoms with Crippen molar-refractivity contribution in [3.63, 3.8) is 0 Å². The molecule has 2 rings (SSSR count). The molecule has 0 saturated heterocycles. The largest absolute Gasteiger partial charge is 0.399 e. The molecule has 0 radical (unpaired) electrons. The van der Waals surface area contributed by atoms with E-state index in [1.807, 2.05) is 32.0 Å². The number of benzene rings is 1. The van der Waals surface area contributed by atoms with Gasteiger partial charge >= 0.3 is 0 Å². The predicted molar refractivity (Wildman–Crippen MR) is 80.1 cm³/mol. The fraction of sp³-hybridized carbons (Fsp3) is 0.250. The lowest BCUT2D eigenvalue weighted by atomic mass is 10.1. The summed E-state index contributed by atoms with van der Waals surface area (Å²) in [4.78, 5) is 18.4. The van der Waals surface area contributed by atoms with Crippen LogP contribution in [0.3, 0.4) is 0 Å². The van der Waals surface area contributed by atoms with E-state index in [1.54, 1.807) is 11.1 Å². The summed E-state index contributed by atoms with van der Waals surface area (Å²) in [6.45, 7) is 4.18. The lowest BCUT2D eigenvalue weighted by Gasteiger charge is -2.26. The molecule has 0 bridgehead atoms. The molecule has 0 aliphatic heterocycles. The molecule has 1 aromatic carbocycles. The molecule has 1 heterocycles. The molecular weight excluding hydrogens is 269 g/mol. The minimum atomic E-state index is -0.514. The third-order valence-electron chi connectivity index (χ3n) is 3.11. The lowest BCUT2D eigenvalue weighted by molar-refractivity contribution is 0.0687. The predicted octanol–water partition coefficient (Wildman–Crippen LogP) is 2.85. The summed E-state index contributed by atoms with van der Waals surface area (Å²) < 4.78 is 13.4. The van der Waals surface area contributed by atoms with Crippen molar-refractivity contribution in [1.29, 1.82) is 0 Å². The zero-order valence-corrected chi connectivity index (χ0v) is 12.1. The van der Waals surface area contributed by atoms with E-state index in [9.17, 15) is 9.18 Å². The van der Waals surface area contributed by atoms with Gasteiger partial charge in [-0.3, -0.25) is 9.78 Å². The normalized spacial score (nSPS) is 10.7. The third-order valence-corrected chi connectivity index (χ3v) is 3.11. The summed E-state index contributed by atoms with van der Waals surface area (Å²) in [6.07, 6.45) is 1.68. The molecule has 2 aromatic rings. The van der Waals surface area contributed by atoms with Crippen LogP contribution in [0.25, 0.3) is 0 Å². The van der Waals surface area contributed by atoms with Gasteiger partial charge in [0.25, 0.3) is 5.91 Å². The molecule has 0 atom stereocenters. The average Bonchev–Trinajstić information content (AvgIpc) is 2.44. The van der Waals surface area contributed by atoms with Gasteiger partial charge in [0.15, 0.2) is 0 Å². The topological polar surface area (TPSA) is 59.2 Å². The Bertz CT molecular complexity index is 608. The highest BCUT2D eigenvalue weighted by Crippen LogP contribution is 2.16. The molecule has 4 nitrogen and oxygen atoms in total. The number of aromatic nitrogens is 1. The first-order chi connectivity index (χ1) is 9.97. The molecule has 1 aromatic heterocycles. The van der Waals surface area contributed by atoms with Crippen LogP contribution in [0, 0.1) is 5.82 Å². The monoisotopic (exact) mass is 287 g/mol. The van der Waals surface area contributed by atoms with Crippen molar-refractivity contribution in [3.05, 3.63) is 59.7 Å². The maximum Gasteiger partial charge on any atom is 0.254 e. The Morgan fingerprint density at radius 1 is 1.33 bits per heavy atom. The minimum absolute atomic E-state index is 0.0380. The SMILES string of the molecule is CC(C)N(Cc1ccccn1)C(=O)c1cc(N)cc(F)c1. The maximum absolute atomic E-state index is 13.4. The minimum Gasteiger partial charge on any atom is -0.399 e. The number of amides is 1. The van der Waals surface area contributed by atoms with E-state index in [0.717, 1.165) is 5.69 Å². The number of nitrogen functional groups attached to an aromatic ring is 1. The number of carbonyl (C=O) groups is 1. The molecular formula is C16H18FN3O. The van der Waals surface area contributed by atoms with Crippen LogP contribution in [0.15, 0.2) is 42.6 Å². The molecule has 2 N–H and O–H groups in total. The fourth-order valence-corrected chi connectivity index (χ4v) is 2.06. The Kier molecular flexibility index (Phi) is 4.52. The molecule has 110 valence electrons. The van der Waals surface area contributed by atoms with E-state index in [1.165, 1.54) is 18.2 Å². The van der Waals surface area contributed by atoms with Gasteiger partial charge in [-0.15, -0.1) is 0 Å². The Balaban J connectivity index is 2.27. The van der Waals surface area contributed by atoms with Gasteiger partial charge < -0.3 is 10.6 Å². The highest BCUT2D eigenvalue weighted by Gasteiger charge is 2.20. The summed E-state index contributed by atoms with van der Waals surface area (Å²) in [5, 5.41) is 0. The Labute approximate surface area is 123 Å². The number of nitrogens with two attached hydrogens (primary N) is 1. The van der Waals surface area contributed by atoms with Crippen LogP contribution in [0.2, 0.25) is 0 Å². The molecule has 0 aliphatic carbocycles. The summed E-state index contributed by atoms with van der Waals surface area (Å²) in [6, 6.07) is 9.37. The Hall–Kier alpha value is -2.43.